The van der Waals surface area contributed by atoms with Gasteiger partial charge in [-0.3, -0.25) is 9.59 Å². The molecule has 3 rings (SSSR count). The number of rotatable bonds is 9. The molecule has 0 bridgehead atoms. The highest BCUT2D eigenvalue weighted by Crippen LogP contribution is 2.22. The lowest BCUT2D eigenvalue weighted by atomic mass is 9.86. The molecule has 0 aliphatic carbocycles. The number of furan rings is 1. The molecule has 0 aliphatic heterocycles. The molecule has 0 unspecified atom stereocenters. The van der Waals surface area contributed by atoms with Crippen LogP contribution in [0, 0.1) is 0 Å². The van der Waals surface area contributed by atoms with Crippen molar-refractivity contribution < 1.29 is 14.0 Å². The van der Waals surface area contributed by atoms with Crippen molar-refractivity contribution in [1.82, 2.24) is 9.80 Å². The first-order valence-corrected chi connectivity index (χ1v) is 11.1. The largest absolute Gasteiger partial charge is 0.467 e. The van der Waals surface area contributed by atoms with Gasteiger partial charge in [0.25, 0.3) is 5.91 Å². The van der Waals surface area contributed by atoms with Gasteiger partial charge in [0.2, 0.25) is 5.91 Å². The maximum Gasteiger partial charge on any atom is 0.254 e. The summed E-state index contributed by atoms with van der Waals surface area (Å²) in [6, 6.07) is 21.0. The second kappa shape index (κ2) is 10.8. The van der Waals surface area contributed by atoms with Crippen LogP contribution in [0.3, 0.4) is 0 Å². The zero-order valence-corrected chi connectivity index (χ0v) is 19.7. The van der Waals surface area contributed by atoms with E-state index < -0.39 is 0 Å². The molecule has 172 valence electrons. The summed E-state index contributed by atoms with van der Waals surface area (Å²) in [5.74, 6) is 0.344. The zero-order valence-electron chi connectivity index (χ0n) is 19.7. The molecule has 3 aromatic rings. The van der Waals surface area contributed by atoms with Gasteiger partial charge in [0, 0.05) is 18.7 Å². The molecule has 0 fully saturated rings. The van der Waals surface area contributed by atoms with Gasteiger partial charge < -0.3 is 14.2 Å². The number of amides is 2. The van der Waals surface area contributed by atoms with Crippen LogP contribution in [0.15, 0.2) is 90.1 Å². The number of nitrogens with zero attached hydrogens (tertiary/aromatic N) is 2. The fourth-order valence-electron chi connectivity index (χ4n) is 3.56. The maximum absolute atomic E-state index is 13.3. The lowest BCUT2D eigenvalue weighted by molar-refractivity contribution is -0.133. The van der Waals surface area contributed by atoms with Gasteiger partial charge in [-0.05, 0) is 40.8 Å². The average molecular weight is 445 g/mol. The van der Waals surface area contributed by atoms with Crippen LogP contribution in [-0.4, -0.2) is 34.7 Å². The van der Waals surface area contributed by atoms with Gasteiger partial charge in [-0.1, -0.05) is 69.3 Å². The minimum absolute atomic E-state index is 0.00212. The van der Waals surface area contributed by atoms with Crippen molar-refractivity contribution >= 4 is 11.8 Å². The van der Waals surface area contributed by atoms with E-state index >= 15 is 0 Å². The third-order valence-corrected chi connectivity index (χ3v) is 5.46. The normalized spacial score (nSPS) is 11.1. The molecule has 2 amide bonds. The van der Waals surface area contributed by atoms with E-state index in [1.165, 1.54) is 4.90 Å². The summed E-state index contributed by atoms with van der Waals surface area (Å²) < 4.78 is 5.47. The van der Waals surface area contributed by atoms with Gasteiger partial charge in [-0.2, -0.15) is 0 Å². The van der Waals surface area contributed by atoms with Crippen molar-refractivity contribution in [2.45, 2.75) is 39.3 Å². The van der Waals surface area contributed by atoms with Gasteiger partial charge in [0.05, 0.1) is 12.8 Å². The van der Waals surface area contributed by atoms with Crippen LogP contribution in [0.4, 0.5) is 0 Å². The first-order chi connectivity index (χ1) is 15.8. The number of hydrogen-bond donors (Lipinski definition) is 0. The van der Waals surface area contributed by atoms with Crippen molar-refractivity contribution in [3.63, 3.8) is 0 Å². The van der Waals surface area contributed by atoms with Crippen LogP contribution in [0.2, 0.25) is 0 Å². The first kappa shape index (κ1) is 24.1. The standard InChI is InChI=1S/C28H32N2O3/c1-5-17-29(27(32)23-13-15-24(16-14-23)28(2,3)4)21-26(31)30(20-25-12-9-18-33-25)19-22-10-7-6-8-11-22/h5-16,18H,1,17,19-21H2,2-4H3. The number of carbonyl (C=O) groups is 2. The Bertz CT molecular complexity index is 1050. The van der Waals surface area contributed by atoms with E-state index in [2.05, 4.69) is 27.4 Å². The highest BCUT2D eigenvalue weighted by molar-refractivity contribution is 5.96. The van der Waals surface area contributed by atoms with Crippen LogP contribution in [0.1, 0.15) is 48.0 Å². The quantitative estimate of drug-likeness (QED) is 0.413. The molecule has 5 nitrogen and oxygen atoms in total. The van der Waals surface area contributed by atoms with Crippen LogP contribution in [-0.2, 0) is 23.3 Å². The Balaban J connectivity index is 1.77. The van der Waals surface area contributed by atoms with E-state index in [4.69, 9.17) is 4.42 Å². The monoisotopic (exact) mass is 444 g/mol. The number of hydrogen-bond acceptors (Lipinski definition) is 3. The van der Waals surface area contributed by atoms with Crippen LogP contribution < -0.4 is 0 Å². The predicted molar refractivity (Wildman–Crippen MR) is 131 cm³/mol. The molecule has 33 heavy (non-hydrogen) atoms. The molecular formula is C28H32N2O3. The minimum Gasteiger partial charge on any atom is -0.467 e. The van der Waals surface area contributed by atoms with Crippen molar-refractivity contribution in [2.75, 3.05) is 13.1 Å². The third kappa shape index (κ3) is 6.69. The summed E-state index contributed by atoms with van der Waals surface area (Å²) in [6.07, 6.45) is 3.23. The molecule has 0 radical (unpaired) electrons. The summed E-state index contributed by atoms with van der Waals surface area (Å²) in [5, 5.41) is 0. The Morgan fingerprint density at radius 1 is 0.909 bits per heavy atom. The highest BCUT2D eigenvalue weighted by atomic mass is 16.3. The van der Waals surface area contributed by atoms with Gasteiger partial charge in [0.15, 0.2) is 0 Å². The van der Waals surface area contributed by atoms with E-state index in [0.717, 1.165) is 11.1 Å². The third-order valence-electron chi connectivity index (χ3n) is 5.46. The van der Waals surface area contributed by atoms with Crippen LogP contribution in [0.5, 0.6) is 0 Å². The van der Waals surface area contributed by atoms with Gasteiger partial charge in [0.1, 0.15) is 12.3 Å². The van der Waals surface area contributed by atoms with Gasteiger partial charge >= 0.3 is 0 Å². The second-order valence-electron chi connectivity index (χ2n) is 9.12. The summed E-state index contributed by atoms with van der Waals surface area (Å²) in [5.41, 5.74) is 2.72. The first-order valence-electron chi connectivity index (χ1n) is 11.1. The lowest BCUT2D eigenvalue weighted by Crippen LogP contribution is -2.42. The van der Waals surface area contributed by atoms with Crippen LogP contribution in [0.25, 0.3) is 0 Å². The Morgan fingerprint density at radius 3 is 2.18 bits per heavy atom. The molecule has 0 saturated carbocycles. The Labute approximate surface area is 196 Å². The molecule has 5 heteroatoms. The average Bonchev–Trinajstić information content (AvgIpc) is 3.31. The fraction of sp³-hybridized carbons (Fsp3) is 0.286. The van der Waals surface area contributed by atoms with Crippen molar-refractivity contribution in [1.29, 1.82) is 0 Å². The Morgan fingerprint density at radius 2 is 1.61 bits per heavy atom. The van der Waals surface area contributed by atoms with E-state index in [1.54, 1.807) is 23.3 Å². The molecular weight excluding hydrogens is 412 g/mol. The summed E-state index contributed by atoms with van der Waals surface area (Å²) in [4.78, 5) is 29.8. The highest BCUT2D eigenvalue weighted by Gasteiger charge is 2.23. The van der Waals surface area contributed by atoms with Gasteiger partial charge in [-0.15, -0.1) is 6.58 Å². The van der Waals surface area contributed by atoms with Crippen molar-refractivity contribution in [3.8, 4) is 0 Å². The SMILES string of the molecule is C=CCN(CC(=O)N(Cc1ccccc1)Cc1ccco1)C(=O)c1ccc(C(C)(C)C)cc1. The smallest absolute Gasteiger partial charge is 0.254 e. The topological polar surface area (TPSA) is 53.8 Å². The van der Waals surface area contributed by atoms with E-state index in [9.17, 15) is 9.59 Å². The maximum atomic E-state index is 13.3. The molecule has 0 saturated heterocycles. The summed E-state index contributed by atoms with van der Waals surface area (Å²) >= 11 is 0. The molecule has 0 atom stereocenters. The molecule has 0 aliphatic rings. The van der Waals surface area contributed by atoms with Crippen molar-refractivity contribution in [3.05, 3.63) is 108 Å². The fourth-order valence-corrected chi connectivity index (χ4v) is 3.56. The zero-order chi connectivity index (χ0) is 23.8. The Hall–Kier alpha value is -3.60. The van der Waals surface area contributed by atoms with E-state index in [-0.39, 0.29) is 30.3 Å². The molecule has 0 N–H and O–H groups in total. The molecule has 2 aromatic carbocycles. The molecule has 1 heterocycles. The second-order valence-corrected chi connectivity index (χ2v) is 9.12. The summed E-state index contributed by atoms with van der Waals surface area (Å²) in [6.45, 7) is 11.2. The predicted octanol–water partition coefficient (Wildman–Crippen LogP) is 5.43. The molecule has 0 spiro atoms. The number of benzene rings is 2. The summed E-state index contributed by atoms with van der Waals surface area (Å²) in [7, 11) is 0. The van der Waals surface area contributed by atoms with E-state index in [1.807, 2.05) is 60.7 Å². The minimum atomic E-state index is -0.193. The lowest BCUT2D eigenvalue weighted by Gasteiger charge is -2.27. The van der Waals surface area contributed by atoms with E-state index in [0.29, 0.717) is 24.4 Å². The Kier molecular flexibility index (Phi) is 7.88. The number of carbonyl (C=O) groups excluding carboxylic acids is 2. The van der Waals surface area contributed by atoms with Crippen LogP contribution >= 0.6 is 0 Å². The molecule has 1 aromatic heterocycles. The van der Waals surface area contributed by atoms with Gasteiger partial charge in [-0.25, -0.2) is 0 Å². The van der Waals surface area contributed by atoms with Crippen molar-refractivity contribution in [2.24, 2.45) is 0 Å².